The van der Waals surface area contributed by atoms with E-state index in [-0.39, 0.29) is 11.6 Å². The Balaban J connectivity index is 2.00. The summed E-state index contributed by atoms with van der Waals surface area (Å²) in [5.74, 6) is -0.595. The highest BCUT2D eigenvalue weighted by atomic mass is 16.6. The number of carboxylic acids is 1. The van der Waals surface area contributed by atoms with Gasteiger partial charge in [0.1, 0.15) is 0 Å². The quantitative estimate of drug-likeness (QED) is 0.503. The van der Waals surface area contributed by atoms with E-state index in [9.17, 15) is 20.0 Å². The molecule has 21 heavy (non-hydrogen) atoms. The Morgan fingerprint density at radius 1 is 1.38 bits per heavy atom. The van der Waals surface area contributed by atoms with E-state index in [1.807, 2.05) is 0 Å². The number of nitrogens with zero attached hydrogens (tertiary/aromatic N) is 1. The number of nitrogen functional groups attached to an aromatic ring is 1. The number of carbonyl (C=O) groups is 1. The minimum Gasteiger partial charge on any atom is -0.481 e. The van der Waals surface area contributed by atoms with Gasteiger partial charge in [-0.1, -0.05) is 6.42 Å². The minimum atomic E-state index is -0.931. The van der Waals surface area contributed by atoms with Crippen molar-refractivity contribution in [1.82, 2.24) is 0 Å². The van der Waals surface area contributed by atoms with Crippen LogP contribution in [0.5, 0.6) is 0 Å². The summed E-state index contributed by atoms with van der Waals surface area (Å²) in [5, 5.41) is 20.6. The molecule has 3 N–H and O–H groups in total. The number of carboxylic acid groups (broad SMARTS) is 1. The monoisotopic (exact) mass is 290 g/mol. The molecule has 0 aromatic heterocycles. The molecule has 4 atom stereocenters. The number of anilines is 1. The van der Waals surface area contributed by atoms with Gasteiger partial charge in [0.25, 0.3) is 5.69 Å². The molecule has 0 amide bonds. The summed E-state index contributed by atoms with van der Waals surface area (Å²) >= 11 is 0. The molecule has 6 nitrogen and oxygen atoms in total. The molecule has 1 aromatic rings. The van der Waals surface area contributed by atoms with Gasteiger partial charge in [-0.25, -0.2) is 0 Å². The van der Waals surface area contributed by atoms with Crippen molar-refractivity contribution in [3.63, 3.8) is 0 Å². The largest absolute Gasteiger partial charge is 0.481 e. The lowest BCUT2D eigenvalue weighted by Crippen LogP contribution is -2.26. The second-order valence-electron chi connectivity index (χ2n) is 6.22. The van der Waals surface area contributed by atoms with Crippen LogP contribution >= 0.6 is 0 Å². The third kappa shape index (κ3) is 2.34. The molecule has 2 aliphatic rings. The molecule has 2 bridgehead atoms. The minimum absolute atomic E-state index is 0.0468. The molecule has 4 unspecified atom stereocenters. The molecule has 0 saturated heterocycles. The number of hydrogen-bond donors (Lipinski definition) is 2. The molecule has 3 rings (SSSR count). The lowest BCUT2D eigenvalue weighted by atomic mass is 9.75. The van der Waals surface area contributed by atoms with Gasteiger partial charge in [0.15, 0.2) is 0 Å². The molecule has 0 radical (unpaired) electrons. The fourth-order valence-electron chi connectivity index (χ4n) is 4.19. The third-order valence-electron chi connectivity index (χ3n) is 5.10. The molecule has 0 heterocycles. The van der Waals surface area contributed by atoms with Gasteiger partial charge in [0.2, 0.25) is 0 Å². The highest BCUT2D eigenvalue weighted by molar-refractivity contribution is 5.79. The fourth-order valence-corrected chi connectivity index (χ4v) is 4.19. The zero-order chi connectivity index (χ0) is 15.1. The molecule has 2 fully saturated rings. The molecule has 0 aliphatic heterocycles. The number of hydrogen-bond acceptors (Lipinski definition) is 4. The Bertz CT molecular complexity index is 601. The Hall–Kier alpha value is -2.11. The average molecular weight is 290 g/mol. The predicted octanol–water partition coefficient (Wildman–Crippen LogP) is 2.78. The van der Waals surface area contributed by atoms with Crippen LogP contribution < -0.4 is 5.73 Å². The fraction of sp³-hybridized carbons (Fsp3) is 0.533. The highest BCUT2D eigenvalue weighted by Gasteiger charge is 2.46. The first kappa shape index (κ1) is 13.9. The molecule has 2 saturated carbocycles. The molecular weight excluding hydrogens is 272 g/mol. The number of rotatable bonds is 4. The number of nitrogens with two attached hydrogens (primary N) is 1. The van der Waals surface area contributed by atoms with E-state index in [1.54, 1.807) is 0 Å². The number of benzene rings is 1. The average Bonchev–Trinajstić information content (AvgIpc) is 3.03. The van der Waals surface area contributed by atoms with Crippen molar-refractivity contribution in [2.75, 3.05) is 5.73 Å². The lowest BCUT2D eigenvalue weighted by Gasteiger charge is -2.28. The topological polar surface area (TPSA) is 106 Å². The van der Waals surface area contributed by atoms with Crippen molar-refractivity contribution >= 4 is 17.3 Å². The summed E-state index contributed by atoms with van der Waals surface area (Å²) in [6, 6.07) is 4.09. The first-order valence-corrected chi connectivity index (χ1v) is 7.24. The third-order valence-corrected chi connectivity index (χ3v) is 5.10. The van der Waals surface area contributed by atoms with Gasteiger partial charge < -0.3 is 10.8 Å². The molecule has 1 aromatic carbocycles. The number of nitro benzene ring substituents is 1. The molecule has 112 valence electrons. The van der Waals surface area contributed by atoms with Crippen molar-refractivity contribution < 1.29 is 14.8 Å². The first-order valence-electron chi connectivity index (χ1n) is 7.24. The number of nitro groups is 1. The van der Waals surface area contributed by atoms with E-state index < -0.39 is 16.8 Å². The molecule has 0 spiro atoms. The van der Waals surface area contributed by atoms with E-state index >= 15 is 0 Å². The van der Waals surface area contributed by atoms with E-state index in [1.165, 1.54) is 24.6 Å². The predicted molar refractivity (Wildman–Crippen MR) is 76.8 cm³/mol. The van der Waals surface area contributed by atoms with Crippen molar-refractivity contribution in [2.45, 2.75) is 31.6 Å². The van der Waals surface area contributed by atoms with Gasteiger partial charge in [-0.15, -0.1) is 0 Å². The summed E-state index contributed by atoms with van der Waals surface area (Å²) in [7, 11) is 0. The van der Waals surface area contributed by atoms with Crippen molar-refractivity contribution in [2.24, 2.45) is 17.8 Å². The normalized spacial score (nSPS) is 28.5. The summed E-state index contributed by atoms with van der Waals surface area (Å²) < 4.78 is 0. The van der Waals surface area contributed by atoms with Crippen LogP contribution in [0.1, 0.15) is 37.2 Å². The van der Waals surface area contributed by atoms with Crippen LogP contribution in [0.15, 0.2) is 18.2 Å². The SMILES string of the molecule is Nc1ccc([N+](=O)[O-])cc1C(C(=O)O)C1CC2CCC1C2. The summed E-state index contributed by atoms with van der Waals surface area (Å²) in [4.78, 5) is 22.2. The van der Waals surface area contributed by atoms with E-state index in [0.717, 1.165) is 19.3 Å². The standard InChI is InChI=1S/C15H18N2O4/c16-13-4-3-10(17(20)21)7-12(13)14(15(18)19)11-6-8-1-2-9(11)5-8/h3-4,7-9,11,14H,1-2,5-6,16H2,(H,18,19). The molecular formula is C15H18N2O4. The Morgan fingerprint density at radius 2 is 2.14 bits per heavy atom. The van der Waals surface area contributed by atoms with Gasteiger partial charge in [0, 0.05) is 17.8 Å². The zero-order valence-electron chi connectivity index (χ0n) is 11.6. The second kappa shape index (κ2) is 5.02. The van der Waals surface area contributed by atoms with Crippen LogP contribution in [0.4, 0.5) is 11.4 Å². The zero-order valence-corrected chi connectivity index (χ0v) is 11.6. The first-order chi connectivity index (χ1) is 9.97. The van der Waals surface area contributed by atoms with Crippen molar-refractivity contribution in [3.05, 3.63) is 33.9 Å². The lowest BCUT2D eigenvalue weighted by molar-refractivity contribution is -0.384. The van der Waals surface area contributed by atoms with Crippen LogP contribution in [0.2, 0.25) is 0 Å². The van der Waals surface area contributed by atoms with Crippen molar-refractivity contribution in [3.8, 4) is 0 Å². The summed E-state index contributed by atoms with van der Waals surface area (Å²) in [6.07, 6.45) is 4.22. The maximum Gasteiger partial charge on any atom is 0.311 e. The second-order valence-corrected chi connectivity index (χ2v) is 6.22. The maximum absolute atomic E-state index is 11.8. The molecule has 2 aliphatic carbocycles. The Kier molecular flexibility index (Phi) is 3.31. The number of non-ortho nitro benzene ring substituents is 1. The van der Waals surface area contributed by atoms with E-state index in [0.29, 0.717) is 23.1 Å². The van der Waals surface area contributed by atoms with Crippen LogP contribution in [0.3, 0.4) is 0 Å². The maximum atomic E-state index is 11.8. The number of fused-ring (bicyclic) bond motifs is 2. The number of aliphatic carboxylic acids is 1. The molecule has 6 heteroatoms. The Labute approximate surface area is 122 Å². The van der Waals surface area contributed by atoms with Gasteiger partial charge in [-0.05, 0) is 48.6 Å². The summed E-state index contributed by atoms with van der Waals surface area (Å²) in [5.41, 5.74) is 6.53. The van der Waals surface area contributed by atoms with Crippen molar-refractivity contribution in [1.29, 1.82) is 0 Å². The van der Waals surface area contributed by atoms with Crippen LogP contribution in [-0.2, 0) is 4.79 Å². The van der Waals surface area contributed by atoms with Crippen LogP contribution in [0.25, 0.3) is 0 Å². The van der Waals surface area contributed by atoms with E-state index in [4.69, 9.17) is 5.73 Å². The highest BCUT2D eigenvalue weighted by Crippen LogP contribution is 2.54. The van der Waals surface area contributed by atoms with Gasteiger partial charge in [-0.2, -0.15) is 0 Å². The van der Waals surface area contributed by atoms with Crippen LogP contribution in [0, 0.1) is 27.9 Å². The Morgan fingerprint density at radius 3 is 2.67 bits per heavy atom. The van der Waals surface area contributed by atoms with Gasteiger partial charge in [-0.3, -0.25) is 14.9 Å². The van der Waals surface area contributed by atoms with Crippen LogP contribution in [-0.4, -0.2) is 16.0 Å². The van der Waals surface area contributed by atoms with Gasteiger partial charge >= 0.3 is 5.97 Å². The van der Waals surface area contributed by atoms with Gasteiger partial charge in [0.05, 0.1) is 10.8 Å². The smallest absolute Gasteiger partial charge is 0.311 e. The van der Waals surface area contributed by atoms with E-state index in [2.05, 4.69) is 0 Å². The summed E-state index contributed by atoms with van der Waals surface area (Å²) in [6.45, 7) is 0.